The summed E-state index contributed by atoms with van der Waals surface area (Å²) in [6.45, 7) is 3.85. The molecule has 0 spiro atoms. The van der Waals surface area contributed by atoms with Gasteiger partial charge < -0.3 is 14.7 Å². The van der Waals surface area contributed by atoms with Crippen LogP contribution >= 0.6 is 15.9 Å². The molecular formula is C15H19BrN2O4. The van der Waals surface area contributed by atoms with Gasteiger partial charge in [-0.3, -0.25) is 14.5 Å². The lowest BCUT2D eigenvalue weighted by Crippen LogP contribution is -2.53. The summed E-state index contributed by atoms with van der Waals surface area (Å²) in [5.41, 5.74) is 0. The first-order valence-corrected chi connectivity index (χ1v) is 7.89. The van der Waals surface area contributed by atoms with Crippen LogP contribution in [0, 0.1) is 0 Å². The number of carboxylic acids is 1. The molecule has 0 aliphatic carbocycles. The van der Waals surface area contributed by atoms with Crippen molar-refractivity contribution in [2.24, 2.45) is 0 Å². The fourth-order valence-corrected chi connectivity index (χ4v) is 2.55. The Balaban J connectivity index is 1.77. The molecule has 0 aromatic heterocycles. The van der Waals surface area contributed by atoms with Crippen LogP contribution in [0.25, 0.3) is 0 Å². The summed E-state index contributed by atoms with van der Waals surface area (Å²) in [7, 11) is 0. The number of amides is 1. The average molecular weight is 371 g/mol. The molecule has 120 valence electrons. The van der Waals surface area contributed by atoms with Gasteiger partial charge in [0.25, 0.3) is 5.91 Å². The van der Waals surface area contributed by atoms with Gasteiger partial charge in [-0.2, -0.15) is 0 Å². The van der Waals surface area contributed by atoms with Crippen LogP contribution in [0.2, 0.25) is 0 Å². The zero-order valence-corrected chi connectivity index (χ0v) is 14.0. The van der Waals surface area contributed by atoms with E-state index in [-0.39, 0.29) is 12.5 Å². The second-order valence-electron chi connectivity index (χ2n) is 5.17. The molecule has 1 aliphatic heterocycles. The van der Waals surface area contributed by atoms with E-state index in [2.05, 4.69) is 15.9 Å². The number of piperazine rings is 1. The van der Waals surface area contributed by atoms with E-state index in [1.54, 1.807) is 24.0 Å². The Morgan fingerprint density at radius 3 is 2.36 bits per heavy atom. The number of ether oxygens (including phenoxy) is 1. The fourth-order valence-electron chi connectivity index (χ4n) is 2.28. The van der Waals surface area contributed by atoms with Gasteiger partial charge in [0.2, 0.25) is 0 Å². The van der Waals surface area contributed by atoms with Gasteiger partial charge in [-0.25, -0.2) is 0 Å². The van der Waals surface area contributed by atoms with Crippen molar-refractivity contribution in [2.45, 2.75) is 13.0 Å². The van der Waals surface area contributed by atoms with Gasteiger partial charge in [0.1, 0.15) is 11.8 Å². The van der Waals surface area contributed by atoms with E-state index in [4.69, 9.17) is 9.84 Å². The molecular weight excluding hydrogens is 352 g/mol. The smallest absolute Gasteiger partial charge is 0.320 e. The fraction of sp³-hybridized carbons (Fsp3) is 0.467. The van der Waals surface area contributed by atoms with Crippen molar-refractivity contribution in [1.29, 1.82) is 0 Å². The topological polar surface area (TPSA) is 70.1 Å². The molecule has 1 amide bonds. The van der Waals surface area contributed by atoms with Crippen molar-refractivity contribution in [3.05, 3.63) is 28.7 Å². The summed E-state index contributed by atoms with van der Waals surface area (Å²) in [5, 5.41) is 8.99. The SMILES string of the molecule is CC(C(=O)O)N1CCN(C(=O)COc2ccc(Br)cc2)CC1. The molecule has 1 saturated heterocycles. The van der Waals surface area contributed by atoms with Crippen molar-refractivity contribution in [2.75, 3.05) is 32.8 Å². The summed E-state index contributed by atoms with van der Waals surface area (Å²) in [6.07, 6.45) is 0. The average Bonchev–Trinajstić information content (AvgIpc) is 2.53. The minimum Gasteiger partial charge on any atom is -0.484 e. The van der Waals surface area contributed by atoms with Crippen LogP contribution in [0.1, 0.15) is 6.92 Å². The summed E-state index contributed by atoms with van der Waals surface area (Å²) in [5.74, 6) is -0.265. The lowest BCUT2D eigenvalue weighted by atomic mass is 10.2. The third kappa shape index (κ3) is 4.45. The number of aliphatic carboxylic acids is 1. The molecule has 1 atom stereocenters. The summed E-state index contributed by atoms with van der Waals surface area (Å²) in [4.78, 5) is 26.6. The van der Waals surface area contributed by atoms with Gasteiger partial charge in [0.05, 0.1) is 0 Å². The number of nitrogens with zero attached hydrogens (tertiary/aromatic N) is 2. The monoisotopic (exact) mass is 370 g/mol. The predicted molar refractivity (Wildman–Crippen MR) is 84.9 cm³/mol. The molecule has 2 rings (SSSR count). The quantitative estimate of drug-likeness (QED) is 0.849. The molecule has 1 N–H and O–H groups in total. The number of carbonyl (C=O) groups excluding carboxylic acids is 1. The zero-order valence-electron chi connectivity index (χ0n) is 12.4. The van der Waals surface area contributed by atoms with Crippen LogP contribution in [-0.2, 0) is 9.59 Å². The lowest BCUT2D eigenvalue weighted by Gasteiger charge is -2.36. The molecule has 1 aromatic rings. The van der Waals surface area contributed by atoms with Crippen LogP contribution in [0.5, 0.6) is 5.75 Å². The number of carbonyl (C=O) groups is 2. The van der Waals surface area contributed by atoms with E-state index < -0.39 is 12.0 Å². The molecule has 1 unspecified atom stereocenters. The van der Waals surface area contributed by atoms with Gasteiger partial charge in [-0.1, -0.05) is 15.9 Å². The van der Waals surface area contributed by atoms with Gasteiger partial charge in [-0.05, 0) is 31.2 Å². The number of halogens is 1. The van der Waals surface area contributed by atoms with E-state index in [0.29, 0.717) is 31.9 Å². The Kier molecular flexibility index (Phi) is 5.79. The maximum Gasteiger partial charge on any atom is 0.320 e. The van der Waals surface area contributed by atoms with Crippen molar-refractivity contribution < 1.29 is 19.4 Å². The van der Waals surface area contributed by atoms with Crippen molar-refractivity contribution in [1.82, 2.24) is 9.80 Å². The van der Waals surface area contributed by atoms with E-state index in [1.165, 1.54) is 0 Å². The molecule has 22 heavy (non-hydrogen) atoms. The molecule has 6 nitrogen and oxygen atoms in total. The second-order valence-corrected chi connectivity index (χ2v) is 6.09. The summed E-state index contributed by atoms with van der Waals surface area (Å²) >= 11 is 3.34. The molecule has 1 aliphatic rings. The third-order valence-corrected chi connectivity index (χ3v) is 4.28. The Bertz CT molecular complexity index is 527. The van der Waals surface area contributed by atoms with Gasteiger partial charge >= 0.3 is 5.97 Å². The number of hydrogen-bond donors (Lipinski definition) is 1. The Morgan fingerprint density at radius 1 is 1.23 bits per heavy atom. The van der Waals surface area contributed by atoms with Crippen LogP contribution in [0.15, 0.2) is 28.7 Å². The van der Waals surface area contributed by atoms with Crippen LogP contribution in [0.4, 0.5) is 0 Å². The van der Waals surface area contributed by atoms with Gasteiger partial charge in [0, 0.05) is 30.7 Å². The van der Waals surface area contributed by atoms with Crippen molar-refractivity contribution >= 4 is 27.8 Å². The Labute approximate surface area is 137 Å². The summed E-state index contributed by atoms with van der Waals surface area (Å²) < 4.78 is 6.42. The first-order chi connectivity index (χ1) is 10.5. The first-order valence-electron chi connectivity index (χ1n) is 7.10. The van der Waals surface area contributed by atoms with E-state index >= 15 is 0 Å². The van der Waals surface area contributed by atoms with E-state index in [0.717, 1.165) is 4.47 Å². The highest BCUT2D eigenvalue weighted by Gasteiger charge is 2.27. The Hall–Kier alpha value is -1.60. The maximum atomic E-state index is 12.1. The van der Waals surface area contributed by atoms with Crippen molar-refractivity contribution in [3.63, 3.8) is 0 Å². The largest absolute Gasteiger partial charge is 0.484 e. The maximum absolute atomic E-state index is 12.1. The third-order valence-electron chi connectivity index (χ3n) is 3.75. The molecule has 0 bridgehead atoms. The van der Waals surface area contributed by atoms with Crippen LogP contribution < -0.4 is 4.74 Å². The second kappa shape index (κ2) is 7.60. The van der Waals surface area contributed by atoms with Crippen molar-refractivity contribution in [3.8, 4) is 5.75 Å². The van der Waals surface area contributed by atoms with E-state index in [9.17, 15) is 9.59 Å². The van der Waals surface area contributed by atoms with Gasteiger partial charge in [0.15, 0.2) is 6.61 Å². The minimum atomic E-state index is -0.835. The first kappa shape index (κ1) is 16.8. The van der Waals surface area contributed by atoms with Gasteiger partial charge in [-0.15, -0.1) is 0 Å². The molecule has 7 heteroatoms. The minimum absolute atomic E-state index is 0.00385. The molecule has 0 saturated carbocycles. The number of rotatable bonds is 5. The lowest BCUT2D eigenvalue weighted by molar-refractivity contribution is -0.144. The highest BCUT2D eigenvalue weighted by molar-refractivity contribution is 9.10. The molecule has 0 radical (unpaired) electrons. The Morgan fingerprint density at radius 2 is 1.82 bits per heavy atom. The number of hydrogen-bond acceptors (Lipinski definition) is 4. The number of carboxylic acid groups (broad SMARTS) is 1. The highest BCUT2D eigenvalue weighted by Crippen LogP contribution is 2.16. The van der Waals surface area contributed by atoms with Crippen LogP contribution in [0.3, 0.4) is 0 Å². The molecule has 1 aromatic carbocycles. The molecule has 1 fully saturated rings. The summed E-state index contributed by atoms with van der Waals surface area (Å²) in [6, 6.07) is 6.78. The number of benzene rings is 1. The normalized spacial score (nSPS) is 17.1. The predicted octanol–water partition coefficient (Wildman–Crippen LogP) is 1.45. The standard InChI is InChI=1S/C15H19BrN2O4/c1-11(15(20)21)17-6-8-18(9-7-17)14(19)10-22-13-4-2-12(16)3-5-13/h2-5,11H,6-10H2,1H3,(H,20,21). The van der Waals surface area contributed by atoms with Crippen LogP contribution in [-0.4, -0.2) is 65.6 Å². The highest BCUT2D eigenvalue weighted by atomic mass is 79.9. The van der Waals surface area contributed by atoms with E-state index in [1.807, 2.05) is 17.0 Å². The molecule has 1 heterocycles. The zero-order chi connectivity index (χ0) is 16.1.